The Bertz CT molecular complexity index is 1820. The molecule has 0 aliphatic carbocycles. The number of esters is 1. The van der Waals surface area contributed by atoms with Crippen LogP contribution in [0.5, 0.6) is 0 Å². The summed E-state index contributed by atoms with van der Waals surface area (Å²) in [5, 5.41) is 37.0. The summed E-state index contributed by atoms with van der Waals surface area (Å²) in [6.45, 7) is 2.67. The Balaban J connectivity index is 1.35. The molecule has 5 rings (SSSR count). The molecule has 20 heteroatoms. The summed E-state index contributed by atoms with van der Waals surface area (Å²) >= 11 is 1.23. The molecule has 6 atom stereocenters. The standard InChI is InChI=1S/C30H34N6O12S2/c1-16-25-24(17(2)37)28(38)34(25)26(29(39)47-14-18-3-7-20(8-4-18)35(41)42)27(16)49-23-11-22(12-32-50(31,45)46)33(13-23)30(40)48-15-19-5-9-21(10-6-19)36(43)44/h3-10,16-17,22-25,32,37H,11-15H2,1-2H3,(H2,31,45,46)/t16-,17-,22+,23+,24-,25-/m1/s1. The molecule has 0 unspecified atom stereocenters. The number of hydrogen-bond donors (Lipinski definition) is 3. The minimum atomic E-state index is -4.12. The third kappa shape index (κ3) is 7.88. The number of carbonyl (C=O) groups excluding carboxylic acids is 3. The van der Waals surface area contributed by atoms with Crippen LogP contribution in [0.4, 0.5) is 16.2 Å². The predicted molar refractivity (Wildman–Crippen MR) is 176 cm³/mol. The fourth-order valence-electron chi connectivity index (χ4n) is 6.31. The zero-order valence-corrected chi connectivity index (χ0v) is 28.4. The van der Waals surface area contributed by atoms with Crippen molar-refractivity contribution >= 4 is 51.3 Å². The van der Waals surface area contributed by atoms with Gasteiger partial charge in [0, 0.05) is 59.5 Å². The molecule has 0 saturated carbocycles. The maximum atomic E-state index is 13.6. The van der Waals surface area contributed by atoms with E-state index >= 15 is 0 Å². The van der Waals surface area contributed by atoms with Gasteiger partial charge in [0.15, 0.2) is 0 Å². The van der Waals surface area contributed by atoms with Crippen molar-refractivity contribution < 1.29 is 47.2 Å². The molecule has 2 saturated heterocycles. The largest absolute Gasteiger partial charge is 0.456 e. The highest BCUT2D eigenvalue weighted by atomic mass is 32.2. The number of aliphatic hydroxyl groups is 1. The van der Waals surface area contributed by atoms with E-state index in [1.165, 1.54) is 77.0 Å². The zero-order chi connectivity index (χ0) is 36.5. The van der Waals surface area contributed by atoms with E-state index in [1.807, 2.05) is 6.92 Å². The van der Waals surface area contributed by atoms with Gasteiger partial charge in [0.2, 0.25) is 5.91 Å². The van der Waals surface area contributed by atoms with Crippen LogP contribution in [0.25, 0.3) is 0 Å². The number of β-lactam (4-membered cyclic amide) rings is 1. The number of rotatable bonds is 13. The summed E-state index contributed by atoms with van der Waals surface area (Å²) in [5.41, 5.74) is 0.682. The number of likely N-dealkylation sites (tertiary alicyclic amines) is 1. The molecule has 0 bridgehead atoms. The molecule has 3 aliphatic rings. The van der Waals surface area contributed by atoms with Crippen molar-refractivity contribution in [2.45, 2.75) is 56.9 Å². The Hall–Kier alpha value is -4.63. The highest BCUT2D eigenvalue weighted by Crippen LogP contribution is 2.52. The van der Waals surface area contributed by atoms with Crippen molar-refractivity contribution in [3.8, 4) is 0 Å². The maximum absolute atomic E-state index is 13.6. The smallest absolute Gasteiger partial charge is 0.410 e. The summed E-state index contributed by atoms with van der Waals surface area (Å²) in [5.74, 6) is -2.44. The lowest BCUT2D eigenvalue weighted by atomic mass is 9.79. The molecule has 268 valence electrons. The van der Waals surface area contributed by atoms with E-state index in [2.05, 4.69) is 4.72 Å². The second kappa shape index (κ2) is 14.7. The minimum Gasteiger partial charge on any atom is -0.456 e. The Morgan fingerprint density at radius 3 is 2.08 bits per heavy atom. The van der Waals surface area contributed by atoms with Crippen LogP contribution in [0.15, 0.2) is 59.1 Å². The van der Waals surface area contributed by atoms with Gasteiger partial charge in [-0.05, 0) is 48.7 Å². The summed E-state index contributed by atoms with van der Waals surface area (Å²) in [7, 11) is -4.12. The number of nitrogens with one attached hydrogen (secondary N) is 1. The Labute approximate surface area is 290 Å². The Morgan fingerprint density at radius 2 is 1.58 bits per heavy atom. The zero-order valence-electron chi connectivity index (χ0n) is 26.7. The lowest BCUT2D eigenvalue weighted by molar-refractivity contribution is -0.385. The SMILES string of the molecule is C[C@@H](O)[C@H]1C(=O)N2C(C(=O)OCc3ccc([N+](=O)[O-])cc3)=C(S[C@H]3C[C@@H](CNS(N)(=O)=O)N(C(=O)OCc4ccc([N+](=O)[O-])cc4)C3)[C@H](C)[C@H]12. The van der Waals surface area contributed by atoms with Crippen molar-refractivity contribution in [2.24, 2.45) is 17.0 Å². The molecule has 2 amide bonds. The Kier molecular flexibility index (Phi) is 10.8. The first-order valence-corrected chi connectivity index (χ1v) is 17.7. The molecule has 4 N–H and O–H groups in total. The van der Waals surface area contributed by atoms with Crippen molar-refractivity contribution in [1.82, 2.24) is 14.5 Å². The number of non-ortho nitro benzene ring substituents is 2. The van der Waals surface area contributed by atoms with Gasteiger partial charge >= 0.3 is 12.1 Å². The number of carbonyl (C=O) groups is 3. The molecule has 2 fully saturated rings. The Morgan fingerprint density at radius 1 is 1.04 bits per heavy atom. The molecule has 2 aromatic rings. The number of aliphatic hydroxyl groups excluding tert-OH is 1. The van der Waals surface area contributed by atoms with Crippen LogP contribution in [0.1, 0.15) is 31.4 Å². The first-order valence-electron chi connectivity index (χ1n) is 15.3. The molecule has 0 spiro atoms. The van der Waals surface area contributed by atoms with E-state index < -0.39 is 73.3 Å². The number of nitro groups is 2. The van der Waals surface area contributed by atoms with Gasteiger partial charge in [0.25, 0.3) is 21.6 Å². The van der Waals surface area contributed by atoms with Crippen LogP contribution >= 0.6 is 11.8 Å². The van der Waals surface area contributed by atoms with E-state index in [-0.39, 0.29) is 49.8 Å². The van der Waals surface area contributed by atoms with Crippen LogP contribution in [-0.2, 0) is 42.5 Å². The van der Waals surface area contributed by atoms with Crippen LogP contribution in [0.3, 0.4) is 0 Å². The molecular formula is C30H34N6O12S2. The normalized spacial score (nSPS) is 23.7. The summed E-state index contributed by atoms with van der Waals surface area (Å²) in [6.07, 6.45) is -1.54. The first kappa shape index (κ1) is 36.6. The first-order chi connectivity index (χ1) is 23.6. The summed E-state index contributed by atoms with van der Waals surface area (Å²) < 4.78 is 36.6. The van der Waals surface area contributed by atoms with Crippen LogP contribution in [0, 0.1) is 32.1 Å². The molecule has 3 heterocycles. The fraction of sp³-hybridized carbons (Fsp3) is 0.433. The lowest BCUT2D eigenvalue weighted by Gasteiger charge is -2.46. The van der Waals surface area contributed by atoms with Crippen LogP contribution in [0.2, 0.25) is 0 Å². The average Bonchev–Trinajstić information content (AvgIpc) is 3.57. The van der Waals surface area contributed by atoms with Gasteiger partial charge in [-0.1, -0.05) is 6.92 Å². The number of thioether (sulfide) groups is 1. The van der Waals surface area contributed by atoms with Gasteiger partial charge in [-0.15, -0.1) is 11.8 Å². The molecule has 18 nitrogen and oxygen atoms in total. The van der Waals surface area contributed by atoms with Gasteiger partial charge in [-0.3, -0.25) is 25.0 Å². The van der Waals surface area contributed by atoms with Gasteiger partial charge in [-0.25, -0.2) is 19.5 Å². The number of nitrogens with zero attached hydrogens (tertiary/aromatic N) is 4. The van der Waals surface area contributed by atoms with E-state index in [0.717, 1.165) is 0 Å². The van der Waals surface area contributed by atoms with Crippen molar-refractivity contribution in [1.29, 1.82) is 0 Å². The van der Waals surface area contributed by atoms with Crippen molar-refractivity contribution in [2.75, 3.05) is 13.1 Å². The van der Waals surface area contributed by atoms with Crippen LogP contribution < -0.4 is 9.86 Å². The van der Waals surface area contributed by atoms with E-state index in [0.29, 0.717) is 16.0 Å². The minimum absolute atomic E-state index is 0.00489. The highest BCUT2D eigenvalue weighted by molar-refractivity contribution is 8.03. The number of amides is 2. The summed E-state index contributed by atoms with van der Waals surface area (Å²) in [4.78, 5) is 64.0. The number of benzene rings is 2. The molecular weight excluding hydrogens is 700 g/mol. The van der Waals surface area contributed by atoms with Gasteiger partial charge in [0.1, 0.15) is 18.9 Å². The molecule has 50 heavy (non-hydrogen) atoms. The number of nitrogens with two attached hydrogens (primary N) is 1. The molecule has 0 radical (unpaired) electrons. The second-order valence-corrected chi connectivity index (χ2v) is 14.8. The van der Waals surface area contributed by atoms with Gasteiger partial charge < -0.3 is 24.4 Å². The predicted octanol–water partition coefficient (Wildman–Crippen LogP) is 1.92. The monoisotopic (exact) mass is 734 g/mol. The highest BCUT2D eigenvalue weighted by Gasteiger charge is 2.60. The van der Waals surface area contributed by atoms with Crippen LogP contribution in [-0.4, -0.2) is 87.7 Å². The molecule has 2 aromatic carbocycles. The van der Waals surface area contributed by atoms with Crippen molar-refractivity contribution in [3.63, 3.8) is 0 Å². The molecule has 3 aliphatic heterocycles. The third-order valence-corrected chi connectivity index (χ3v) is 10.8. The maximum Gasteiger partial charge on any atom is 0.410 e. The second-order valence-electron chi connectivity index (χ2n) is 12.1. The number of fused-ring (bicyclic) bond motifs is 1. The molecule has 0 aromatic heterocycles. The average molecular weight is 735 g/mol. The van der Waals surface area contributed by atoms with Gasteiger partial charge in [0.05, 0.1) is 27.9 Å². The third-order valence-electron chi connectivity index (χ3n) is 8.75. The van der Waals surface area contributed by atoms with Crippen molar-refractivity contribution in [3.05, 3.63) is 90.5 Å². The lowest BCUT2D eigenvalue weighted by Crippen LogP contribution is -2.63. The number of nitro benzene ring substituents is 2. The van der Waals surface area contributed by atoms with E-state index in [1.54, 1.807) is 0 Å². The topological polar surface area (TPSA) is 255 Å². The quantitative estimate of drug-likeness (QED) is 0.115. The fourth-order valence-corrected chi connectivity index (χ4v) is 8.30. The van der Waals surface area contributed by atoms with Gasteiger partial charge in [-0.2, -0.15) is 8.42 Å². The van der Waals surface area contributed by atoms with E-state index in [9.17, 15) is 48.1 Å². The van der Waals surface area contributed by atoms with E-state index in [4.69, 9.17) is 14.6 Å². The number of hydrogen-bond acceptors (Lipinski definition) is 13. The number of ether oxygens (including phenoxy) is 2. The summed E-state index contributed by atoms with van der Waals surface area (Å²) in [6, 6.07) is 9.60.